The fourth-order valence-electron chi connectivity index (χ4n) is 5.20. The average molecular weight is 527 g/mol. The van der Waals surface area contributed by atoms with E-state index in [-0.39, 0.29) is 5.91 Å². The van der Waals surface area contributed by atoms with E-state index >= 15 is 0 Å². The normalized spacial score (nSPS) is 14.4. The fourth-order valence-corrected chi connectivity index (χ4v) is 5.49. The van der Waals surface area contributed by atoms with E-state index in [2.05, 4.69) is 32.2 Å². The summed E-state index contributed by atoms with van der Waals surface area (Å²) in [5.74, 6) is 0.800. The molecule has 1 amide bonds. The molecule has 2 aromatic heterocycles. The second-order valence-corrected chi connectivity index (χ2v) is 9.97. The Morgan fingerprint density at radius 1 is 1.05 bits per heavy atom. The first-order valence-corrected chi connectivity index (χ1v) is 13.3. The predicted octanol–water partition coefficient (Wildman–Crippen LogP) is 4.65. The number of nitrogens with zero attached hydrogens (tertiary/aromatic N) is 4. The summed E-state index contributed by atoms with van der Waals surface area (Å²) < 4.78 is 7.77. The lowest BCUT2D eigenvalue weighted by atomic mass is 10.1. The highest BCUT2D eigenvalue weighted by Crippen LogP contribution is 2.24. The number of H-pyrrole nitrogens is 1. The lowest BCUT2D eigenvalue weighted by Gasteiger charge is -2.36. The van der Waals surface area contributed by atoms with Gasteiger partial charge < -0.3 is 19.9 Å². The van der Waals surface area contributed by atoms with Gasteiger partial charge in [0.15, 0.2) is 4.77 Å². The molecular formula is C29H30N6O2S. The number of hydrogen-bond acceptors (Lipinski definition) is 6. The topological polar surface area (TPSA) is 77.9 Å². The summed E-state index contributed by atoms with van der Waals surface area (Å²) >= 11 is 5.62. The Bertz CT molecular complexity index is 1670. The molecule has 6 rings (SSSR count). The molecule has 0 radical (unpaired) electrons. The van der Waals surface area contributed by atoms with E-state index in [1.165, 1.54) is 5.69 Å². The molecule has 1 aliphatic heterocycles. The summed E-state index contributed by atoms with van der Waals surface area (Å²) in [4.78, 5) is 25.8. The van der Waals surface area contributed by atoms with Crippen LogP contribution in [0.15, 0.2) is 66.7 Å². The zero-order valence-electron chi connectivity index (χ0n) is 21.3. The van der Waals surface area contributed by atoms with Gasteiger partial charge in [0.05, 0.1) is 23.7 Å². The first-order valence-electron chi connectivity index (χ1n) is 12.9. The van der Waals surface area contributed by atoms with Gasteiger partial charge in [-0.15, -0.1) is 0 Å². The number of piperazine rings is 1. The molecule has 1 saturated heterocycles. The van der Waals surface area contributed by atoms with Crippen LogP contribution in [0.25, 0.3) is 27.6 Å². The predicted molar refractivity (Wildman–Crippen MR) is 154 cm³/mol. The van der Waals surface area contributed by atoms with Crippen LogP contribution in [0, 0.1) is 4.77 Å². The lowest BCUT2D eigenvalue weighted by molar-refractivity contribution is 0.0951. The molecule has 0 unspecified atom stereocenters. The van der Waals surface area contributed by atoms with Crippen LogP contribution in [-0.2, 0) is 0 Å². The van der Waals surface area contributed by atoms with Crippen LogP contribution in [0.3, 0.4) is 0 Å². The number of carbonyl (C=O) groups excluding carboxylic acids is 1. The number of anilines is 1. The monoisotopic (exact) mass is 526 g/mol. The van der Waals surface area contributed by atoms with E-state index in [0.29, 0.717) is 16.9 Å². The van der Waals surface area contributed by atoms with Crippen LogP contribution >= 0.6 is 12.2 Å². The quantitative estimate of drug-likeness (QED) is 0.238. The molecule has 9 heteroatoms. The minimum absolute atomic E-state index is 0.0797. The van der Waals surface area contributed by atoms with Gasteiger partial charge in [-0.3, -0.25) is 14.1 Å². The van der Waals surface area contributed by atoms with Crippen molar-refractivity contribution in [3.8, 4) is 5.75 Å². The molecular weight excluding hydrogens is 496 g/mol. The third kappa shape index (κ3) is 4.70. The fraction of sp³-hybridized carbons (Fsp3) is 0.276. The molecule has 2 N–H and O–H groups in total. The van der Waals surface area contributed by atoms with Crippen molar-refractivity contribution in [2.24, 2.45) is 0 Å². The molecule has 0 bridgehead atoms. The number of amides is 1. The average Bonchev–Trinajstić information content (AvgIpc) is 3.36. The van der Waals surface area contributed by atoms with Gasteiger partial charge in [-0.05, 0) is 79.8 Å². The number of fused-ring (bicyclic) bond motifs is 5. The molecule has 38 heavy (non-hydrogen) atoms. The summed E-state index contributed by atoms with van der Waals surface area (Å²) in [6.07, 6.45) is 0.908. The van der Waals surface area contributed by atoms with Crippen molar-refractivity contribution < 1.29 is 9.53 Å². The van der Waals surface area contributed by atoms with Crippen molar-refractivity contribution in [3.05, 3.63) is 77.1 Å². The number of aromatic nitrogens is 3. The summed E-state index contributed by atoms with van der Waals surface area (Å²) in [7, 11) is 1.69. The van der Waals surface area contributed by atoms with E-state index in [9.17, 15) is 4.79 Å². The molecule has 1 aliphatic rings. The summed E-state index contributed by atoms with van der Waals surface area (Å²) in [6, 6.07) is 21.8. The second-order valence-electron chi connectivity index (χ2n) is 9.59. The highest BCUT2D eigenvalue weighted by molar-refractivity contribution is 7.71. The number of ether oxygens (including phenoxy) is 1. The number of hydrogen-bond donors (Lipinski definition) is 2. The smallest absolute Gasteiger partial charge is 0.251 e. The van der Waals surface area contributed by atoms with E-state index < -0.39 is 0 Å². The van der Waals surface area contributed by atoms with Crippen LogP contribution in [0.5, 0.6) is 5.75 Å². The Kier molecular flexibility index (Phi) is 6.70. The van der Waals surface area contributed by atoms with Crippen LogP contribution in [0.2, 0.25) is 0 Å². The van der Waals surface area contributed by atoms with Gasteiger partial charge in [-0.2, -0.15) is 0 Å². The zero-order valence-corrected chi connectivity index (χ0v) is 22.1. The van der Waals surface area contributed by atoms with Crippen LogP contribution in [0.4, 0.5) is 5.69 Å². The van der Waals surface area contributed by atoms with E-state index in [0.717, 1.165) is 72.5 Å². The zero-order chi connectivity index (χ0) is 26.1. The molecule has 0 aliphatic carbocycles. The van der Waals surface area contributed by atoms with Gasteiger partial charge >= 0.3 is 0 Å². The van der Waals surface area contributed by atoms with Crippen molar-refractivity contribution in [1.29, 1.82) is 0 Å². The number of imidazole rings is 1. The van der Waals surface area contributed by atoms with Gasteiger partial charge in [-0.25, -0.2) is 4.98 Å². The Morgan fingerprint density at radius 3 is 2.63 bits per heavy atom. The number of para-hydroxylation sites is 2. The minimum atomic E-state index is -0.0797. The first-order chi connectivity index (χ1) is 18.6. The van der Waals surface area contributed by atoms with Crippen LogP contribution in [0.1, 0.15) is 16.8 Å². The Morgan fingerprint density at radius 2 is 1.84 bits per heavy atom. The van der Waals surface area contributed by atoms with Crippen molar-refractivity contribution >= 4 is 51.4 Å². The highest BCUT2D eigenvalue weighted by atomic mass is 32.1. The van der Waals surface area contributed by atoms with Crippen molar-refractivity contribution in [3.63, 3.8) is 0 Å². The van der Waals surface area contributed by atoms with Gasteiger partial charge in [-0.1, -0.05) is 12.1 Å². The first kappa shape index (κ1) is 24.4. The Balaban J connectivity index is 1.04. The van der Waals surface area contributed by atoms with Crippen LogP contribution in [-0.4, -0.2) is 71.6 Å². The molecule has 3 heterocycles. The Labute approximate surface area is 225 Å². The Hall–Kier alpha value is -3.95. The second kappa shape index (κ2) is 10.4. The number of rotatable bonds is 7. The van der Waals surface area contributed by atoms with Gasteiger partial charge in [0.1, 0.15) is 11.4 Å². The molecule has 5 aromatic rings. The maximum atomic E-state index is 12.9. The summed E-state index contributed by atoms with van der Waals surface area (Å²) in [5, 5.41) is 4.00. The third-order valence-electron chi connectivity index (χ3n) is 7.27. The van der Waals surface area contributed by atoms with E-state index in [1.807, 2.05) is 59.0 Å². The molecule has 1 fully saturated rings. The standard InChI is InChI=1S/C29H30N6O2S/c1-37-22-10-8-21(9-11-22)34-17-15-33(16-18-34)14-4-13-30-28(36)20-7-12-23-25(19-20)32-29(38)35-26-6-3-2-5-24(26)31-27(23)35/h2-3,5-12,19H,4,13-18H2,1H3,(H,30,36)(H,32,38). The number of aromatic amines is 1. The van der Waals surface area contributed by atoms with Gasteiger partial charge in [0.2, 0.25) is 0 Å². The van der Waals surface area contributed by atoms with E-state index in [1.54, 1.807) is 7.11 Å². The summed E-state index contributed by atoms with van der Waals surface area (Å²) in [5.41, 5.74) is 5.30. The molecule has 3 aromatic carbocycles. The lowest BCUT2D eigenvalue weighted by Crippen LogP contribution is -2.47. The maximum absolute atomic E-state index is 12.9. The third-order valence-corrected chi connectivity index (χ3v) is 7.56. The van der Waals surface area contributed by atoms with Crippen molar-refractivity contribution in [2.75, 3.05) is 51.3 Å². The molecule has 0 spiro atoms. The van der Waals surface area contributed by atoms with Crippen molar-refractivity contribution in [2.45, 2.75) is 6.42 Å². The number of carbonyl (C=O) groups is 1. The maximum Gasteiger partial charge on any atom is 0.251 e. The number of methoxy groups -OCH3 is 1. The SMILES string of the molecule is COc1ccc(N2CCN(CCCNC(=O)c3ccc4c(c3)[nH]c(=S)n3c5ccccc5nc43)CC2)cc1. The van der Waals surface area contributed by atoms with E-state index in [4.69, 9.17) is 21.9 Å². The minimum Gasteiger partial charge on any atom is -0.497 e. The molecule has 0 atom stereocenters. The largest absolute Gasteiger partial charge is 0.497 e. The molecule has 194 valence electrons. The number of nitrogens with one attached hydrogen (secondary N) is 2. The van der Waals surface area contributed by atoms with Gasteiger partial charge in [0, 0.05) is 49.4 Å². The van der Waals surface area contributed by atoms with Crippen molar-refractivity contribution in [1.82, 2.24) is 24.6 Å². The van der Waals surface area contributed by atoms with Crippen LogP contribution < -0.4 is 15.0 Å². The highest BCUT2D eigenvalue weighted by Gasteiger charge is 2.17. The molecule has 0 saturated carbocycles. The van der Waals surface area contributed by atoms with Gasteiger partial charge in [0.25, 0.3) is 5.91 Å². The summed E-state index contributed by atoms with van der Waals surface area (Å²) in [6.45, 7) is 5.62. The number of benzene rings is 3. The molecule has 8 nitrogen and oxygen atoms in total.